The minimum atomic E-state index is -0.0327. The number of hydrogen-bond acceptors (Lipinski definition) is 2. The molecule has 3 nitrogen and oxygen atoms in total. The Kier molecular flexibility index (Phi) is 4.87. The number of benzene rings is 1. The molecule has 0 spiro atoms. The van der Waals surface area contributed by atoms with Gasteiger partial charge >= 0.3 is 0 Å². The quantitative estimate of drug-likeness (QED) is 0.920. The number of halogens is 2. The Bertz CT molecular complexity index is 431. The Labute approximate surface area is 116 Å². The summed E-state index contributed by atoms with van der Waals surface area (Å²) in [5.41, 5.74) is 0.600. The van der Waals surface area contributed by atoms with Gasteiger partial charge in [0.2, 0.25) is 5.91 Å². The van der Waals surface area contributed by atoms with E-state index in [4.69, 9.17) is 27.9 Å². The van der Waals surface area contributed by atoms with Gasteiger partial charge in [-0.3, -0.25) is 4.79 Å². The molecule has 18 heavy (non-hydrogen) atoms. The highest BCUT2D eigenvalue weighted by atomic mass is 35.5. The van der Waals surface area contributed by atoms with Crippen LogP contribution in [-0.4, -0.2) is 19.1 Å². The highest BCUT2D eigenvalue weighted by Crippen LogP contribution is 2.26. The van der Waals surface area contributed by atoms with Gasteiger partial charge < -0.3 is 10.1 Å². The number of amides is 1. The van der Waals surface area contributed by atoms with Crippen molar-refractivity contribution in [1.82, 2.24) is 0 Å². The van der Waals surface area contributed by atoms with Crippen molar-refractivity contribution in [3.05, 3.63) is 28.2 Å². The van der Waals surface area contributed by atoms with Crippen LogP contribution in [0, 0.1) is 5.92 Å². The number of nitrogens with one attached hydrogen (secondary N) is 1. The van der Waals surface area contributed by atoms with Crippen molar-refractivity contribution in [1.29, 1.82) is 0 Å². The van der Waals surface area contributed by atoms with Crippen LogP contribution < -0.4 is 5.32 Å². The second-order valence-corrected chi connectivity index (χ2v) is 5.30. The number of carbonyl (C=O) groups excluding carboxylic acids is 1. The van der Waals surface area contributed by atoms with Crippen molar-refractivity contribution >= 4 is 34.8 Å². The molecule has 0 bridgehead atoms. The van der Waals surface area contributed by atoms with Gasteiger partial charge in [-0.2, -0.15) is 0 Å². The molecule has 0 aromatic heterocycles. The van der Waals surface area contributed by atoms with Crippen LogP contribution in [0.3, 0.4) is 0 Å². The molecule has 1 amide bonds. The van der Waals surface area contributed by atoms with Crippen LogP contribution in [-0.2, 0) is 9.53 Å². The summed E-state index contributed by atoms with van der Waals surface area (Å²) in [5.74, 6) is 0.277. The maximum Gasteiger partial charge on any atom is 0.224 e. The van der Waals surface area contributed by atoms with E-state index in [1.165, 1.54) is 0 Å². The number of carbonyl (C=O) groups is 1. The van der Waals surface area contributed by atoms with Crippen molar-refractivity contribution in [2.45, 2.75) is 19.3 Å². The molecule has 5 heteroatoms. The summed E-state index contributed by atoms with van der Waals surface area (Å²) >= 11 is 11.8. The van der Waals surface area contributed by atoms with Crippen LogP contribution in [0.1, 0.15) is 19.3 Å². The zero-order valence-electron chi connectivity index (χ0n) is 9.92. The Balaban J connectivity index is 1.90. The summed E-state index contributed by atoms with van der Waals surface area (Å²) in [4.78, 5) is 11.9. The van der Waals surface area contributed by atoms with E-state index in [0.717, 1.165) is 19.4 Å². The molecular weight excluding hydrogens is 273 g/mol. The first-order valence-corrected chi connectivity index (χ1v) is 6.73. The lowest BCUT2D eigenvalue weighted by atomic mass is 9.98. The van der Waals surface area contributed by atoms with E-state index >= 15 is 0 Å². The summed E-state index contributed by atoms with van der Waals surface area (Å²) < 4.78 is 5.35. The second kappa shape index (κ2) is 6.41. The standard InChI is InChI=1S/C13H15Cl2NO2/c14-10-3-4-12(11(15)7-10)16-13(17)6-9-2-1-5-18-8-9/h3-4,7,9H,1-2,5-6,8H2,(H,16,17). The molecule has 1 heterocycles. The van der Waals surface area contributed by atoms with Gasteiger partial charge in [-0.1, -0.05) is 23.2 Å². The highest BCUT2D eigenvalue weighted by Gasteiger charge is 2.18. The van der Waals surface area contributed by atoms with E-state index in [-0.39, 0.29) is 5.91 Å². The normalized spacial score (nSPS) is 19.6. The van der Waals surface area contributed by atoms with Crippen LogP contribution in [0.2, 0.25) is 10.0 Å². The Morgan fingerprint density at radius 1 is 1.44 bits per heavy atom. The van der Waals surface area contributed by atoms with E-state index in [1.807, 2.05) is 0 Å². The first-order valence-electron chi connectivity index (χ1n) is 5.98. The minimum Gasteiger partial charge on any atom is -0.381 e. The van der Waals surface area contributed by atoms with Crippen molar-refractivity contribution in [3.63, 3.8) is 0 Å². The topological polar surface area (TPSA) is 38.3 Å². The van der Waals surface area contributed by atoms with Gasteiger partial charge in [0.1, 0.15) is 0 Å². The predicted molar refractivity (Wildman–Crippen MR) is 73.3 cm³/mol. The number of hydrogen-bond donors (Lipinski definition) is 1. The first kappa shape index (κ1) is 13.7. The number of anilines is 1. The first-order chi connectivity index (χ1) is 8.65. The van der Waals surface area contributed by atoms with E-state index in [2.05, 4.69) is 5.32 Å². The van der Waals surface area contributed by atoms with Crippen LogP contribution in [0.15, 0.2) is 18.2 Å². The maximum atomic E-state index is 11.9. The van der Waals surface area contributed by atoms with Crippen molar-refractivity contribution < 1.29 is 9.53 Å². The lowest BCUT2D eigenvalue weighted by Gasteiger charge is -2.21. The number of ether oxygens (including phenoxy) is 1. The summed E-state index contributed by atoms with van der Waals surface area (Å²) in [6, 6.07) is 5.02. The molecule has 1 unspecified atom stereocenters. The monoisotopic (exact) mass is 287 g/mol. The molecule has 0 saturated carbocycles. The minimum absolute atomic E-state index is 0.0327. The van der Waals surface area contributed by atoms with Crippen LogP contribution in [0.25, 0.3) is 0 Å². The van der Waals surface area contributed by atoms with Gasteiger partial charge in [0, 0.05) is 24.7 Å². The average molecular weight is 288 g/mol. The van der Waals surface area contributed by atoms with Crippen LogP contribution in [0.5, 0.6) is 0 Å². The lowest BCUT2D eigenvalue weighted by molar-refractivity contribution is -0.118. The fourth-order valence-corrected chi connectivity index (χ4v) is 2.48. The molecule has 1 aromatic carbocycles. The average Bonchev–Trinajstić information content (AvgIpc) is 2.34. The molecule has 2 rings (SSSR count). The molecular formula is C13H15Cl2NO2. The maximum absolute atomic E-state index is 11.9. The molecule has 0 aliphatic carbocycles. The summed E-state index contributed by atoms with van der Waals surface area (Å²) in [5, 5.41) is 3.81. The van der Waals surface area contributed by atoms with Gasteiger partial charge in [0.25, 0.3) is 0 Å². The lowest BCUT2D eigenvalue weighted by Crippen LogP contribution is -2.23. The molecule has 1 atom stereocenters. The summed E-state index contributed by atoms with van der Waals surface area (Å²) in [6.07, 6.45) is 2.54. The van der Waals surface area contributed by atoms with Gasteiger partial charge in [-0.25, -0.2) is 0 Å². The fraction of sp³-hybridized carbons (Fsp3) is 0.462. The van der Waals surface area contributed by atoms with Gasteiger partial charge in [-0.15, -0.1) is 0 Å². The fourth-order valence-electron chi connectivity index (χ4n) is 2.02. The molecule has 1 saturated heterocycles. The van der Waals surface area contributed by atoms with E-state index in [0.29, 0.717) is 34.7 Å². The Hall–Kier alpha value is -0.770. The van der Waals surface area contributed by atoms with Crippen molar-refractivity contribution in [2.24, 2.45) is 5.92 Å². The third-order valence-corrected chi connectivity index (χ3v) is 3.48. The predicted octanol–water partition coefficient (Wildman–Crippen LogP) is 3.75. The smallest absolute Gasteiger partial charge is 0.224 e. The summed E-state index contributed by atoms with van der Waals surface area (Å²) in [6.45, 7) is 1.48. The van der Waals surface area contributed by atoms with Gasteiger partial charge in [0.05, 0.1) is 10.7 Å². The molecule has 1 N–H and O–H groups in total. The van der Waals surface area contributed by atoms with Crippen molar-refractivity contribution in [3.8, 4) is 0 Å². The van der Waals surface area contributed by atoms with Crippen molar-refractivity contribution in [2.75, 3.05) is 18.5 Å². The molecule has 1 fully saturated rings. The molecule has 98 valence electrons. The molecule has 1 aliphatic rings. The largest absolute Gasteiger partial charge is 0.381 e. The second-order valence-electron chi connectivity index (χ2n) is 4.46. The third-order valence-electron chi connectivity index (χ3n) is 2.93. The van der Waals surface area contributed by atoms with E-state index in [1.54, 1.807) is 18.2 Å². The van der Waals surface area contributed by atoms with Gasteiger partial charge in [-0.05, 0) is 37.0 Å². The van der Waals surface area contributed by atoms with E-state index in [9.17, 15) is 4.79 Å². The molecule has 0 radical (unpaired) electrons. The van der Waals surface area contributed by atoms with Crippen LogP contribution in [0.4, 0.5) is 5.69 Å². The molecule has 1 aromatic rings. The number of rotatable bonds is 3. The summed E-state index contributed by atoms with van der Waals surface area (Å²) in [7, 11) is 0. The van der Waals surface area contributed by atoms with E-state index < -0.39 is 0 Å². The third kappa shape index (κ3) is 3.87. The Morgan fingerprint density at radius 2 is 2.28 bits per heavy atom. The Morgan fingerprint density at radius 3 is 2.94 bits per heavy atom. The zero-order valence-corrected chi connectivity index (χ0v) is 11.4. The zero-order chi connectivity index (χ0) is 13.0. The van der Waals surface area contributed by atoms with Gasteiger partial charge in [0.15, 0.2) is 0 Å². The molecule has 1 aliphatic heterocycles. The van der Waals surface area contributed by atoms with Crippen LogP contribution >= 0.6 is 23.2 Å². The highest BCUT2D eigenvalue weighted by molar-refractivity contribution is 6.36. The SMILES string of the molecule is O=C(CC1CCCOC1)Nc1ccc(Cl)cc1Cl.